The van der Waals surface area contributed by atoms with Crippen LogP contribution in [0.3, 0.4) is 0 Å². The van der Waals surface area contributed by atoms with E-state index in [9.17, 15) is 4.39 Å². The Morgan fingerprint density at radius 1 is 1.30 bits per heavy atom. The highest BCUT2D eigenvalue weighted by molar-refractivity contribution is 6.31. The summed E-state index contributed by atoms with van der Waals surface area (Å²) in [5.74, 6) is 1.94. The van der Waals surface area contributed by atoms with Gasteiger partial charge in [-0.05, 0) is 38.0 Å². The molecular weight excluding hydrogens is 407 g/mol. The lowest BCUT2D eigenvalue weighted by Gasteiger charge is -2.28. The molecule has 0 fully saturated rings. The highest BCUT2D eigenvalue weighted by Gasteiger charge is 2.24. The van der Waals surface area contributed by atoms with Crippen molar-refractivity contribution in [1.29, 1.82) is 0 Å². The van der Waals surface area contributed by atoms with Crippen LogP contribution in [-0.4, -0.2) is 47.0 Å². The molecule has 0 radical (unpaired) electrons. The van der Waals surface area contributed by atoms with Crippen LogP contribution in [0.15, 0.2) is 23.2 Å². The number of nitrogens with zero attached hydrogens (tertiary/aromatic N) is 4. The molecule has 0 aliphatic carbocycles. The van der Waals surface area contributed by atoms with Crippen molar-refractivity contribution in [3.05, 3.63) is 46.3 Å². The minimum Gasteiger partial charge on any atom is -0.382 e. The first-order chi connectivity index (χ1) is 14.2. The number of nitrogens with one attached hydrogen (secondary N) is 2. The van der Waals surface area contributed by atoms with Gasteiger partial charge in [-0.2, -0.15) is 0 Å². The molecular formula is C21H32ClFN6O. The first-order valence-electron chi connectivity index (χ1n) is 10.1. The van der Waals surface area contributed by atoms with Gasteiger partial charge in [-0.15, -0.1) is 10.2 Å². The smallest absolute Gasteiger partial charge is 0.191 e. The van der Waals surface area contributed by atoms with Crippen molar-refractivity contribution in [3.63, 3.8) is 0 Å². The van der Waals surface area contributed by atoms with Crippen molar-refractivity contribution in [3.8, 4) is 0 Å². The molecule has 0 saturated carbocycles. The highest BCUT2D eigenvalue weighted by Crippen LogP contribution is 2.29. The molecule has 2 aromatic rings. The predicted molar refractivity (Wildman–Crippen MR) is 118 cm³/mol. The van der Waals surface area contributed by atoms with Crippen LogP contribution in [0.25, 0.3) is 0 Å². The van der Waals surface area contributed by atoms with Gasteiger partial charge in [0.15, 0.2) is 11.8 Å². The Hall–Kier alpha value is -2.19. The normalized spacial score (nSPS) is 12.3. The van der Waals surface area contributed by atoms with Gasteiger partial charge in [0.2, 0.25) is 0 Å². The maximum Gasteiger partial charge on any atom is 0.191 e. The molecule has 166 valence electrons. The zero-order chi connectivity index (χ0) is 22.1. The summed E-state index contributed by atoms with van der Waals surface area (Å²) in [6, 6.07) is 4.50. The Kier molecular flexibility index (Phi) is 9.05. The summed E-state index contributed by atoms with van der Waals surface area (Å²) in [5, 5.41) is 15.4. The Morgan fingerprint density at radius 3 is 2.70 bits per heavy atom. The van der Waals surface area contributed by atoms with Crippen LogP contribution in [-0.2, 0) is 23.7 Å². The molecule has 0 atom stereocenters. The monoisotopic (exact) mass is 438 g/mol. The first kappa shape index (κ1) is 24.1. The Balaban J connectivity index is 2.06. The molecule has 9 heteroatoms. The van der Waals surface area contributed by atoms with E-state index in [0.717, 1.165) is 30.2 Å². The summed E-state index contributed by atoms with van der Waals surface area (Å²) >= 11 is 6.28. The summed E-state index contributed by atoms with van der Waals surface area (Å²) in [4.78, 5) is 4.66. The van der Waals surface area contributed by atoms with Gasteiger partial charge in [0.1, 0.15) is 18.2 Å². The highest BCUT2D eigenvalue weighted by atomic mass is 35.5. The van der Waals surface area contributed by atoms with E-state index in [1.54, 1.807) is 6.07 Å². The lowest BCUT2D eigenvalue weighted by atomic mass is 9.84. The average molecular weight is 439 g/mol. The molecule has 1 aromatic heterocycles. The number of aryl methyl sites for hydroxylation is 1. The van der Waals surface area contributed by atoms with E-state index in [-0.39, 0.29) is 11.2 Å². The molecule has 0 bridgehead atoms. The van der Waals surface area contributed by atoms with E-state index in [1.807, 2.05) is 25.5 Å². The third kappa shape index (κ3) is 6.95. The maximum atomic E-state index is 13.4. The molecule has 1 aromatic carbocycles. The van der Waals surface area contributed by atoms with E-state index in [2.05, 4.69) is 39.7 Å². The number of aliphatic imine (C=N–C) groups is 1. The maximum absolute atomic E-state index is 13.4. The largest absolute Gasteiger partial charge is 0.382 e. The lowest BCUT2D eigenvalue weighted by Crippen LogP contribution is -2.44. The van der Waals surface area contributed by atoms with E-state index >= 15 is 0 Å². The third-order valence-electron chi connectivity index (χ3n) is 4.88. The predicted octanol–water partition coefficient (Wildman–Crippen LogP) is 3.36. The minimum atomic E-state index is -0.343. The van der Waals surface area contributed by atoms with Crippen LogP contribution in [0.1, 0.15) is 44.4 Å². The second kappa shape index (κ2) is 11.3. The van der Waals surface area contributed by atoms with Gasteiger partial charge in [0.05, 0.1) is 0 Å². The zero-order valence-electron chi connectivity index (χ0n) is 18.4. The number of ether oxygens (including phenoxy) is 1. The molecule has 2 rings (SSSR count). The number of rotatable bonds is 10. The summed E-state index contributed by atoms with van der Waals surface area (Å²) in [6.45, 7) is 11.1. The van der Waals surface area contributed by atoms with Crippen molar-refractivity contribution in [2.75, 3.05) is 26.3 Å². The van der Waals surface area contributed by atoms with Crippen molar-refractivity contribution in [1.82, 2.24) is 25.4 Å². The molecule has 0 spiro atoms. The lowest BCUT2D eigenvalue weighted by molar-refractivity contribution is 0.145. The van der Waals surface area contributed by atoms with Crippen LogP contribution in [0.2, 0.25) is 5.02 Å². The molecule has 7 nitrogen and oxygen atoms in total. The topological polar surface area (TPSA) is 76.4 Å². The Bertz CT molecular complexity index is 852. The van der Waals surface area contributed by atoms with Gasteiger partial charge in [-0.1, -0.05) is 31.5 Å². The summed E-state index contributed by atoms with van der Waals surface area (Å²) in [5.41, 5.74) is 0.539. The van der Waals surface area contributed by atoms with E-state index in [0.29, 0.717) is 37.3 Å². The first-order valence-corrected chi connectivity index (χ1v) is 10.5. The van der Waals surface area contributed by atoms with Crippen LogP contribution in [0.5, 0.6) is 0 Å². The van der Waals surface area contributed by atoms with Gasteiger partial charge >= 0.3 is 0 Å². The Morgan fingerprint density at radius 2 is 2.07 bits per heavy atom. The molecule has 0 amide bonds. The van der Waals surface area contributed by atoms with E-state index in [1.165, 1.54) is 12.1 Å². The van der Waals surface area contributed by atoms with E-state index < -0.39 is 0 Å². The summed E-state index contributed by atoms with van der Waals surface area (Å²) in [7, 11) is 1.92. The van der Waals surface area contributed by atoms with Gasteiger partial charge in [0.25, 0.3) is 0 Å². The molecule has 0 aliphatic rings. The molecule has 1 heterocycles. The molecule has 0 aliphatic heterocycles. The van der Waals surface area contributed by atoms with Crippen molar-refractivity contribution in [2.45, 2.75) is 46.1 Å². The molecule has 2 N–H and O–H groups in total. The van der Waals surface area contributed by atoms with Crippen molar-refractivity contribution < 1.29 is 9.13 Å². The average Bonchev–Trinajstić information content (AvgIpc) is 3.01. The van der Waals surface area contributed by atoms with Crippen LogP contribution in [0, 0.1) is 12.7 Å². The fraction of sp³-hybridized carbons (Fsp3) is 0.571. The van der Waals surface area contributed by atoms with E-state index in [4.69, 9.17) is 16.3 Å². The van der Waals surface area contributed by atoms with Gasteiger partial charge in [-0.25, -0.2) is 9.38 Å². The van der Waals surface area contributed by atoms with Crippen molar-refractivity contribution >= 4 is 17.6 Å². The van der Waals surface area contributed by atoms with Gasteiger partial charge < -0.3 is 19.9 Å². The number of aromatic nitrogens is 3. The van der Waals surface area contributed by atoms with Gasteiger partial charge in [0, 0.05) is 43.8 Å². The molecule has 0 saturated heterocycles. The fourth-order valence-corrected chi connectivity index (χ4v) is 3.30. The second-order valence-corrected chi connectivity index (χ2v) is 8.13. The standard InChI is InChI=1S/C21H32ClFN6O/c1-6-30-11-7-10-24-20(25-13-19-28-27-15(2)29(19)5)26-14-21(3,4)17-9-8-16(23)12-18(17)22/h8-9,12H,6-7,10-11,13-14H2,1-5H3,(H2,24,25,26). The summed E-state index contributed by atoms with van der Waals surface area (Å²) < 4.78 is 20.7. The molecule has 0 unspecified atom stereocenters. The number of guanidine groups is 1. The van der Waals surface area contributed by atoms with Crippen LogP contribution in [0.4, 0.5) is 4.39 Å². The van der Waals surface area contributed by atoms with Gasteiger partial charge in [-0.3, -0.25) is 0 Å². The number of halogens is 2. The molecule has 30 heavy (non-hydrogen) atoms. The summed E-state index contributed by atoms with van der Waals surface area (Å²) in [6.07, 6.45) is 0.866. The third-order valence-corrected chi connectivity index (χ3v) is 5.19. The van der Waals surface area contributed by atoms with Crippen LogP contribution < -0.4 is 10.6 Å². The number of benzene rings is 1. The quantitative estimate of drug-likeness (QED) is 0.338. The van der Waals surface area contributed by atoms with Crippen LogP contribution >= 0.6 is 11.6 Å². The number of hydrogen-bond acceptors (Lipinski definition) is 4. The fourth-order valence-electron chi connectivity index (χ4n) is 2.88. The zero-order valence-corrected chi connectivity index (χ0v) is 19.2. The number of hydrogen-bond donors (Lipinski definition) is 2. The SMILES string of the molecule is CCOCCCNC(=NCc1nnc(C)n1C)NCC(C)(C)c1ccc(F)cc1Cl. The minimum absolute atomic E-state index is 0.333. The van der Waals surface area contributed by atoms with Crippen molar-refractivity contribution in [2.24, 2.45) is 12.0 Å². The second-order valence-electron chi connectivity index (χ2n) is 7.73. The Labute approximate surface area is 183 Å².